The Balaban J connectivity index is 1.90. The summed E-state index contributed by atoms with van der Waals surface area (Å²) in [5.41, 5.74) is 0.302. The smallest absolute Gasteiger partial charge is 0.274 e. The number of carbonyl (C=O) groups is 2. The first kappa shape index (κ1) is 14.7. The summed E-state index contributed by atoms with van der Waals surface area (Å²) in [6, 6.07) is 5.91. The molecule has 2 aromatic rings. The number of hydrogen-bond donors (Lipinski definition) is 1. The molecule has 1 N–H and O–H groups in total. The molecule has 0 atom stereocenters. The molecule has 0 radical (unpaired) electrons. The lowest BCUT2D eigenvalue weighted by molar-refractivity contribution is -0.122. The third-order valence-electron chi connectivity index (χ3n) is 2.68. The van der Waals surface area contributed by atoms with E-state index in [0.717, 1.165) is 12.1 Å². The van der Waals surface area contributed by atoms with Gasteiger partial charge in [-0.05, 0) is 24.3 Å². The zero-order valence-corrected chi connectivity index (χ0v) is 11.1. The second-order valence-corrected chi connectivity index (χ2v) is 4.25. The molecule has 1 aromatic carbocycles. The monoisotopic (exact) mass is 294 g/mol. The maximum absolute atomic E-state index is 13.3. The van der Waals surface area contributed by atoms with E-state index in [0.29, 0.717) is 11.8 Å². The van der Waals surface area contributed by atoms with Crippen LogP contribution in [-0.4, -0.2) is 23.0 Å². The lowest BCUT2D eigenvalue weighted by Gasteiger charge is -2.08. The first-order valence-electron chi connectivity index (χ1n) is 6.00. The molecule has 7 heteroatoms. The van der Waals surface area contributed by atoms with Gasteiger partial charge in [-0.25, -0.2) is 8.78 Å². The Bertz CT molecular complexity index is 683. The Labute approximate surface area is 119 Å². The van der Waals surface area contributed by atoms with Gasteiger partial charge in [0.2, 0.25) is 0 Å². The summed E-state index contributed by atoms with van der Waals surface area (Å²) in [7, 11) is 1.66. The second kappa shape index (κ2) is 6.17. The van der Waals surface area contributed by atoms with Crippen LogP contribution in [0.4, 0.5) is 8.78 Å². The van der Waals surface area contributed by atoms with E-state index < -0.39 is 30.1 Å². The summed E-state index contributed by atoms with van der Waals surface area (Å²) >= 11 is 0. The van der Waals surface area contributed by atoms with Crippen molar-refractivity contribution < 1.29 is 23.1 Å². The molecule has 0 fully saturated rings. The fraction of sp³-hybridized carbons (Fsp3) is 0.143. The van der Waals surface area contributed by atoms with Gasteiger partial charge in [-0.3, -0.25) is 14.9 Å². The Kier molecular flexibility index (Phi) is 4.32. The highest BCUT2D eigenvalue weighted by Crippen LogP contribution is 2.17. The number of nitrogens with one attached hydrogen (secondary N) is 1. The van der Waals surface area contributed by atoms with E-state index in [4.69, 9.17) is 4.74 Å². The lowest BCUT2D eigenvalue weighted by Crippen LogP contribution is -2.35. The molecule has 1 heterocycles. The number of nitrogens with zero attached hydrogens (tertiary/aromatic N) is 1. The highest BCUT2D eigenvalue weighted by atomic mass is 19.1. The van der Waals surface area contributed by atoms with E-state index in [1.807, 2.05) is 0 Å². The standard InChI is InChI=1S/C14H12F2N2O3/c1-18-6-2-3-11(18)14(20)17-13(19)8-21-12-5-4-9(15)7-10(12)16/h2-7H,8H2,1H3,(H,17,19,20). The minimum atomic E-state index is -0.920. The van der Waals surface area contributed by atoms with Crippen molar-refractivity contribution in [2.75, 3.05) is 6.61 Å². The van der Waals surface area contributed by atoms with Crippen LogP contribution in [-0.2, 0) is 11.8 Å². The predicted molar refractivity (Wildman–Crippen MR) is 69.7 cm³/mol. The summed E-state index contributed by atoms with van der Waals surface area (Å²) in [5, 5.41) is 2.10. The van der Waals surface area contributed by atoms with Gasteiger partial charge in [0.05, 0.1) is 0 Å². The van der Waals surface area contributed by atoms with Gasteiger partial charge in [-0.1, -0.05) is 0 Å². The topological polar surface area (TPSA) is 60.3 Å². The minimum absolute atomic E-state index is 0.266. The van der Waals surface area contributed by atoms with Gasteiger partial charge in [-0.15, -0.1) is 0 Å². The Hall–Kier alpha value is -2.70. The van der Waals surface area contributed by atoms with Crippen molar-refractivity contribution in [3.05, 3.63) is 53.9 Å². The number of aromatic nitrogens is 1. The third kappa shape index (κ3) is 3.65. The van der Waals surface area contributed by atoms with Crippen molar-refractivity contribution in [2.24, 2.45) is 7.05 Å². The summed E-state index contributed by atoms with van der Waals surface area (Å²) in [4.78, 5) is 23.3. The van der Waals surface area contributed by atoms with Crippen LogP contribution in [0, 0.1) is 11.6 Å². The van der Waals surface area contributed by atoms with Gasteiger partial charge >= 0.3 is 0 Å². The minimum Gasteiger partial charge on any atom is -0.481 e. The molecule has 2 amide bonds. The summed E-state index contributed by atoms with van der Waals surface area (Å²) in [5.74, 6) is -3.25. The van der Waals surface area contributed by atoms with Crippen molar-refractivity contribution in [3.8, 4) is 5.75 Å². The normalized spacial score (nSPS) is 10.2. The maximum Gasteiger partial charge on any atom is 0.274 e. The Morgan fingerprint density at radius 1 is 1.29 bits per heavy atom. The third-order valence-corrected chi connectivity index (χ3v) is 2.68. The number of amides is 2. The second-order valence-electron chi connectivity index (χ2n) is 4.25. The molecule has 21 heavy (non-hydrogen) atoms. The molecule has 0 unspecified atom stereocenters. The molecule has 2 rings (SSSR count). The first-order valence-corrected chi connectivity index (χ1v) is 6.00. The van der Waals surface area contributed by atoms with Crippen LogP contribution in [0.5, 0.6) is 5.75 Å². The Morgan fingerprint density at radius 3 is 2.67 bits per heavy atom. The number of imide groups is 1. The summed E-state index contributed by atoms with van der Waals surface area (Å²) < 4.78 is 32.4. The lowest BCUT2D eigenvalue weighted by atomic mass is 10.3. The van der Waals surface area contributed by atoms with Crippen LogP contribution in [0.25, 0.3) is 0 Å². The number of ether oxygens (including phenoxy) is 1. The zero-order valence-electron chi connectivity index (χ0n) is 11.1. The van der Waals surface area contributed by atoms with Crippen molar-refractivity contribution in [1.82, 2.24) is 9.88 Å². The van der Waals surface area contributed by atoms with E-state index in [1.165, 1.54) is 0 Å². The molecule has 0 saturated carbocycles. The first-order chi connectivity index (χ1) is 9.97. The average molecular weight is 294 g/mol. The zero-order chi connectivity index (χ0) is 15.4. The predicted octanol–water partition coefficient (Wildman–Crippen LogP) is 1.64. The van der Waals surface area contributed by atoms with Crippen molar-refractivity contribution in [2.45, 2.75) is 0 Å². The van der Waals surface area contributed by atoms with Crippen LogP contribution in [0.1, 0.15) is 10.5 Å². The molecule has 0 saturated heterocycles. The molecule has 0 aliphatic carbocycles. The van der Waals surface area contributed by atoms with Gasteiger partial charge in [-0.2, -0.15) is 0 Å². The van der Waals surface area contributed by atoms with E-state index >= 15 is 0 Å². The van der Waals surface area contributed by atoms with Gasteiger partial charge in [0.25, 0.3) is 11.8 Å². The maximum atomic E-state index is 13.3. The molecule has 0 bridgehead atoms. The fourth-order valence-corrected chi connectivity index (χ4v) is 1.66. The van der Waals surface area contributed by atoms with Gasteiger partial charge in [0.1, 0.15) is 11.5 Å². The van der Waals surface area contributed by atoms with Gasteiger partial charge < -0.3 is 9.30 Å². The summed E-state index contributed by atoms with van der Waals surface area (Å²) in [6.45, 7) is -0.557. The molecular weight excluding hydrogens is 282 g/mol. The largest absolute Gasteiger partial charge is 0.481 e. The molecular formula is C14H12F2N2O3. The van der Waals surface area contributed by atoms with E-state index in [9.17, 15) is 18.4 Å². The van der Waals surface area contributed by atoms with Gasteiger partial charge in [0.15, 0.2) is 18.2 Å². The molecule has 110 valence electrons. The van der Waals surface area contributed by atoms with Gasteiger partial charge in [0, 0.05) is 19.3 Å². The molecule has 0 aliphatic heterocycles. The number of rotatable bonds is 4. The van der Waals surface area contributed by atoms with Crippen LogP contribution in [0.3, 0.4) is 0 Å². The molecule has 0 aliphatic rings. The van der Waals surface area contributed by atoms with E-state index in [1.54, 1.807) is 29.9 Å². The number of halogens is 2. The number of aryl methyl sites for hydroxylation is 1. The Morgan fingerprint density at radius 2 is 2.05 bits per heavy atom. The van der Waals surface area contributed by atoms with E-state index in [2.05, 4.69) is 5.32 Å². The fourth-order valence-electron chi connectivity index (χ4n) is 1.66. The number of hydrogen-bond acceptors (Lipinski definition) is 3. The van der Waals surface area contributed by atoms with Crippen molar-refractivity contribution in [3.63, 3.8) is 0 Å². The SMILES string of the molecule is Cn1cccc1C(=O)NC(=O)COc1ccc(F)cc1F. The van der Waals surface area contributed by atoms with Crippen molar-refractivity contribution >= 4 is 11.8 Å². The van der Waals surface area contributed by atoms with Crippen LogP contribution >= 0.6 is 0 Å². The molecule has 0 spiro atoms. The van der Waals surface area contributed by atoms with E-state index in [-0.39, 0.29) is 5.75 Å². The van der Waals surface area contributed by atoms with Crippen LogP contribution in [0.2, 0.25) is 0 Å². The summed E-state index contributed by atoms with van der Waals surface area (Å²) in [6.07, 6.45) is 1.66. The average Bonchev–Trinajstić information content (AvgIpc) is 2.84. The number of benzene rings is 1. The number of carbonyl (C=O) groups excluding carboxylic acids is 2. The molecule has 5 nitrogen and oxygen atoms in total. The quantitative estimate of drug-likeness (QED) is 0.932. The highest BCUT2D eigenvalue weighted by Gasteiger charge is 2.14. The van der Waals surface area contributed by atoms with Crippen LogP contribution in [0.15, 0.2) is 36.5 Å². The van der Waals surface area contributed by atoms with Crippen LogP contribution < -0.4 is 10.1 Å². The molecule has 1 aromatic heterocycles. The van der Waals surface area contributed by atoms with Crippen molar-refractivity contribution in [1.29, 1.82) is 0 Å². The highest BCUT2D eigenvalue weighted by molar-refractivity contribution is 6.04.